The molecule has 1 saturated heterocycles. The molecule has 2 atom stereocenters. The minimum absolute atomic E-state index is 0.0294. The van der Waals surface area contributed by atoms with Crippen LogP contribution in [0.1, 0.15) is 25.0 Å². The highest BCUT2D eigenvalue weighted by atomic mass is 16.2. The third-order valence-corrected chi connectivity index (χ3v) is 4.09. The first-order chi connectivity index (χ1) is 9.72. The molecule has 20 heavy (non-hydrogen) atoms. The quantitative estimate of drug-likeness (QED) is 0.752. The van der Waals surface area contributed by atoms with Crippen LogP contribution in [0.3, 0.4) is 0 Å². The minimum Gasteiger partial charge on any atom is -0.370 e. The van der Waals surface area contributed by atoms with Crippen LogP contribution >= 0.6 is 0 Å². The number of aromatic nitrogens is 2. The number of nitrogens with zero attached hydrogens (tertiary/aromatic N) is 2. The average Bonchev–Trinajstić information content (AvgIpc) is 2.67. The lowest BCUT2D eigenvalue weighted by atomic mass is 10.1. The van der Waals surface area contributed by atoms with Crippen molar-refractivity contribution in [1.29, 1.82) is 0 Å². The summed E-state index contributed by atoms with van der Waals surface area (Å²) in [7, 11) is 0. The van der Waals surface area contributed by atoms with Crippen LogP contribution in [0.25, 0.3) is 0 Å². The molecule has 1 fully saturated rings. The van der Waals surface area contributed by atoms with Gasteiger partial charge in [0, 0.05) is 38.2 Å². The lowest BCUT2D eigenvalue weighted by molar-refractivity contribution is -0.122. The van der Waals surface area contributed by atoms with Gasteiger partial charge >= 0.3 is 0 Å². The Morgan fingerprint density at radius 2 is 2.35 bits per heavy atom. The fourth-order valence-electron chi connectivity index (χ4n) is 2.96. The minimum atomic E-state index is -0.0294. The van der Waals surface area contributed by atoms with Crippen LogP contribution < -0.4 is 16.0 Å². The predicted octanol–water partition coefficient (Wildman–Crippen LogP) is 0.492. The normalized spacial score (nSPS) is 26.4. The largest absolute Gasteiger partial charge is 0.370 e. The molecular weight excluding hydrogens is 254 g/mol. The van der Waals surface area contributed by atoms with Crippen molar-refractivity contribution >= 4 is 11.7 Å². The number of nitrogens with one attached hydrogen (secondary N) is 3. The van der Waals surface area contributed by atoms with E-state index in [2.05, 4.69) is 27.1 Å². The molecular formula is C14H23N5O. The molecule has 0 bridgehead atoms. The van der Waals surface area contributed by atoms with Crippen LogP contribution in [-0.4, -0.2) is 41.4 Å². The second-order valence-electron chi connectivity index (χ2n) is 5.85. The smallest absolute Gasteiger partial charge is 0.237 e. The van der Waals surface area contributed by atoms with Crippen molar-refractivity contribution in [1.82, 2.24) is 20.4 Å². The van der Waals surface area contributed by atoms with Crippen molar-refractivity contribution in [2.45, 2.75) is 38.8 Å². The van der Waals surface area contributed by atoms with Crippen LogP contribution in [0, 0.1) is 12.8 Å². The van der Waals surface area contributed by atoms with Crippen LogP contribution in [-0.2, 0) is 11.3 Å². The zero-order valence-corrected chi connectivity index (χ0v) is 12.0. The molecule has 1 aromatic rings. The predicted molar refractivity (Wildman–Crippen MR) is 77.6 cm³/mol. The molecule has 2 aliphatic rings. The summed E-state index contributed by atoms with van der Waals surface area (Å²) in [6.45, 7) is 5.53. The molecule has 6 nitrogen and oxygen atoms in total. The van der Waals surface area contributed by atoms with E-state index in [1.165, 1.54) is 0 Å². The molecule has 110 valence electrons. The summed E-state index contributed by atoms with van der Waals surface area (Å²) >= 11 is 0. The Bertz CT molecular complexity index is 484. The molecule has 1 amide bonds. The van der Waals surface area contributed by atoms with E-state index in [4.69, 9.17) is 0 Å². The molecule has 0 aromatic carbocycles. The molecule has 2 aliphatic heterocycles. The maximum Gasteiger partial charge on any atom is 0.237 e. The first-order valence-electron chi connectivity index (χ1n) is 7.52. The Balaban J connectivity index is 1.53. The van der Waals surface area contributed by atoms with Gasteiger partial charge in [0.2, 0.25) is 5.91 Å². The summed E-state index contributed by atoms with van der Waals surface area (Å²) < 4.78 is 2.03. The number of aryl methyl sites for hydroxylation is 1. The van der Waals surface area contributed by atoms with Crippen LogP contribution in [0.5, 0.6) is 0 Å². The van der Waals surface area contributed by atoms with E-state index in [1.54, 1.807) is 0 Å². The molecule has 3 heterocycles. The van der Waals surface area contributed by atoms with Crippen LogP contribution in [0.4, 0.5) is 5.82 Å². The number of hydrogen-bond acceptors (Lipinski definition) is 4. The van der Waals surface area contributed by atoms with E-state index >= 15 is 0 Å². The Hall–Kier alpha value is -1.56. The second-order valence-corrected chi connectivity index (χ2v) is 5.85. The Labute approximate surface area is 119 Å². The molecule has 6 heteroatoms. The standard InChI is InChI=1S/C14H23N5O/c1-10-6-13-17-8-11(9-19(13)18-10)7-16-12-4-2-3-5-15-14(12)20/h6,11-12,16-17H,2-5,7-9H2,1H3,(H,15,20). The van der Waals surface area contributed by atoms with Crippen molar-refractivity contribution in [2.75, 3.05) is 25.0 Å². The summed E-state index contributed by atoms with van der Waals surface area (Å²) in [6, 6.07) is 2.04. The van der Waals surface area contributed by atoms with Gasteiger partial charge in [0.25, 0.3) is 0 Å². The Kier molecular flexibility index (Phi) is 3.91. The van der Waals surface area contributed by atoms with E-state index in [0.29, 0.717) is 5.92 Å². The van der Waals surface area contributed by atoms with E-state index in [0.717, 1.165) is 57.0 Å². The summed E-state index contributed by atoms with van der Waals surface area (Å²) in [5, 5.41) is 14.3. The monoisotopic (exact) mass is 277 g/mol. The maximum atomic E-state index is 11.9. The highest BCUT2D eigenvalue weighted by molar-refractivity contribution is 5.81. The zero-order valence-electron chi connectivity index (χ0n) is 12.0. The van der Waals surface area contributed by atoms with E-state index in [9.17, 15) is 4.79 Å². The van der Waals surface area contributed by atoms with Crippen LogP contribution in [0.2, 0.25) is 0 Å². The van der Waals surface area contributed by atoms with Gasteiger partial charge in [-0.25, -0.2) is 4.68 Å². The molecule has 0 aliphatic carbocycles. The van der Waals surface area contributed by atoms with Gasteiger partial charge in [-0.3, -0.25) is 4.79 Å². The Morgan fingerprint density at radius 1 is 1.45 bits per heavy atom. The third kappa shape index (κ3) is 2.95. The van der Waals surface area contributed by atoms with Gasteiger partial charge in [0.1, 0.15) is 5.82 Å². The number of fused-ring (bicyclic) bond motifs is 1. The lowest BCUT2D eigenvalue weighted by Crippen LogP contribution is -2.46. The summed E-state index contributed by atoms with van der Waals surface area (Å²) in [4.78, 5) is 11.9. The molecule has 3 rings (SSSR count). The topological polar surface area (TPSA) is 71.0 Å². The van der Waals surface area contributed by atoms with E-state index < -0.39 is 0 Å². The number of hydrogen-bond donors (Lipinski definition) is 3. The molecule has 0 saturated carbocycles. The van der Waals surface area contributed by atoms with Crippen molar-refractivity contribution in [3.05, 3.63) is 11.8 Å². The zero-order chi connectivity index (χ0) is 13.9. The van der Waals surface area contributed by atoms with Gasteiger partial charge in [-0.15, -0.1) is 0 Å². The molecule has 1 aromatic heterocycles. The summed E-state index contributed by atoms with van der Waals surface area (Å²) in [6.07, 6.45) is 3.14. The van der Waals surface area contributed by atoms with Gasteiger partial charge in [-0.2, -0.15) is 5.10 Å². The number of carbonyl (C=O) groups excluding carboxylic acids is 1. The fourth-order valence-corrected chi connectivity index (χ4v) is 2.96. The van der Waals surface area contributed by atoms with E-state index in [-0.39, 0.29) is 11.9 Å². The summed E-state index contributed by atoms with van der Waals surface area (Å²) in [5.41, 5.74) is 1.05. The Morgan fingerprint density at radius 3 is 3.25 bits per heavy atom. The first kappa shape index (κ1) is 13.4. The van der Waals surface area contributed by atoms with Crippen LogP contribution in [0.15, 0.2) is 6.07 Å². The number of amides is 1. The summed E-state index contributed by atoms with van der Waals surface area (Å²) in [5.74, 6) is 1.73. The third-order valence-electron chi connectivity index (χ3n) is 4.09. The molecule has 0 spiro atoms. The maximum absolute atomic E-state index is 11.9. The SMILES string of the molecule is Cc1cc2n(n1)CC(CNC1CCCCNC1=O)CN2. The van der Waals surface area contributed by atoms with Crippen molar-refractivity contribution in [3.8, 4) is 0 Å². The molecule has 2 unspecified atom stereocenters. The van der Waals surface area contributed by atoms with Gasteiger partial charge in [0.15, 0.2) is 0 Å². The van der Waals surface area contributed by atoms with Crippen molar-refractivity contribution in [3.63, 3.8) is 0 Å². The van der Waals surface area contributed by atoms with Gasteiger partial charge in [-0.1, -0.05) is 0 Å². The van der Waals surface area contributed by atoms with Crippen molar-refractivity contribution in [2.24, 2.45) is 5.92 Å². The number of rotatable bonds is 3. The lowest BCUT2D eigenvalue weighted by Gasteiger charge is -2.26. The molecule has 0 radical (unpaired) electrons. The highest BCUT2D eigenvalue weighted by Gasteiger charge is 2.23. The first-order valence-corrected chi connectivity index (χ1v) is 7.52. The van der Waals surface area contributed by atoms with Gasteiger partial charge < -0.3 is 16.0 Å². The fraction of sp³-hybridized carbons (Fsp3) is 0.714. The van der Waals surface area contributed by atoms with E-state index in [1.807, 2.05) is 11.6 Å². The van der Waals surface area contributed by atoms with Gasteiger partial charge in [-0.05, 0) is 26.2 Å². The number of carbonyl (C=O) groups is 1. The second kappa shape index (κ2) is 5.83. The number of anilines is 1. The van der Waals surface area contributed by atoms with Crippen molar-refractivity contribution < 1.29 is 4.79 Å². The average molecular weight is 277 g/mol. The highest BCUT2D eigenvalue weighted by Crippen LogP contribution is 2.18. The molecule has 3 N–H and O–H groups in total. The van der Waals surface area contributed by atoms with Gasteiger partial charge in [0.05, 0.1) is 11.7 Å².